The number of hydrogen-bond acceptors (Lipinski definition) is 7. The van der Waals surface area contributed by atoms with Crippen molar-refractivity contribution in [1.29, 1.82) is 0 Å². The Kier molecular flexibility index (Phi) is 6.67. The third-order valence-electron chi connectivity index (χ3n) is 3.05. The predicted molar refractivity (Wildman–Crippen MR) is 95.0 cm³/mol. The zero-order valence-corrected chi connectivity index (χ0v) is 15.1. The SMILES string of the molecule is CN(C)Cc1ccnc(CSCCNC2=NCCS(=O)(=O)N2)c1. The molecule has 0 saturated carbocycles. The number of aliphatic imine (C=N–C) groups is 1. The van der Waals surface area contributed by atoms with Crippen LogP contribution in [0.3, 0.4) is 0 Å². The quantitative estimate of drug-likeness (QED) is 0.681. The van der Waals surface area contributed by atoms with Crippen LogP contribution in [-0.4, -0.2) is 63.0 Å². The lowest BCUT2D eigenvalue weighted by Crippen LogP contribution is -2.46. The first-order valence-electron chi connectivity index (χ1n) is 7.40. The fourth-order valence-electron chi connectivity index (χ4n) is 2.09. The van der Waals surface area contributed by atoms with Gasteiger partial charge in [0.05, 0.1) is 18.0 Å². The first kappa shape index (κ1) is 18.0. The average Bonchev–Trinajstić information content (AvgIpc) is 2.45. The van der Waals surface area contributed by atoms with Crippen LogP contribution in [0.15, 0.2) is 23.3 Å². The van der Waals surface area contributed by atoms with E-state index in [1.165, 1.54) is 5.56 Å². The van der Waals surface area contributed by atoms with E-state index in [9.17, 15) is 8.42 Å². The Bertz CT molecular complexity index is 646. The molecule has 1 aromatic rings. The number of nitrogens with one attached hydrogen (secondary N) is 2. The summed E-state index contributed by atoms with van der Waals surface area (Å²) in [6, 6.07) is 4.16. The van der Waals surface area contributed by atoms with Crippen LogP contribution >= 0.6 is 11.8 Å². The second kappa shape index (κ2) is 8.51. The molecule has 0 aliphatic carbocycles. The molecule has 0 amide bonds. The Hall–Kier alpha value is -1.32. The molecule has 0 unspecified atom stereocenters. The van der Waals surface area contributed by atoms with Crippen molar-refractivity contribution < 1.29 is 8.42 Å². The molecule has 23 heavy (non-hydrogen) atoms. The number of rotatable bonds is 7. The van der Waals surface area contributed by atoms with Gasteiger partial charge in [-0.15, -0.1) is 0 Å². The van der Waals surface area contributed by atoms with Gasteiger partial charge in [-0.25, -0.2) is 8.42 Å². The van der Waals surface area contributed by atoms with E-state index in [2.05, 4.69) is 31.0 Å². The largest absolute Gasteiger partial charge is 0.355 e. The summed E-state index contributed by atoms with van der Waals surface area (Å²) in [5, 5.41) is 3.01. The van der Waals surface area contributed by atoms with Crippen LogP contribution in [0, 0.1) is 0 Å². The van der Waals surface area contributed by atoms with Gasteiger partial charge in [0.15, 0.2) is 0 Å². The molecule has 2 heterocycles. The minimum absolute atomic E-state index is 0.0574. The fraction of sp³-hybridized carbons (Fsp3) is 0.571. The van der Waals surface area contributed by atoms with Gasteiger partial charge in [0.1, 0.15) is 0 Å². The highest BCUT2D eigenvalue weighted by atomic mass is 32.2. The van der Waals surface area contributed by atoms with Crippen molar-refractivity contribution in [2.45, 2.75) is 12.3 Å². The van der Waals surface area contributed by atoms with E-state index < -0.39 is 10.0 Å². The zero-order valence-electron chi connectivity index (χ0n) is 13.4. The number of guanidine groups is 1. The molecule has 0 aromatic carbocycles. The summed E-state index contributed by atoms with van der Waals surface area (Å²) in [4.78, 5) is 10.6. The Morgan fingerprint density at radius 3 is 3.00 bits per heavy atom. The second-order valence-corrected chi connectivity index (χ2v) is 8.47. The molecule has 7 nitrogen and oxygen atoms in total. The van der Waals surface area contributed by atoms with Crippen molar-refractivity contribution >= 4 is 27.7 Å². The number of aromatic nitrogens is 1. The van der Waals surface area contributed by atoms with Crippen LogP contribution in [0.2, 0.25) is 0 Å². The molecule has 128 valence electrons. The molecule has 0 saturated heterocycles. The Balaban J connectivity index is 1.69. The number of hydrogen-bond donors (Lipinski definition) is 2. The lowest BCUT2D eigenvalue weighted by atomic mass is 10.2. The van der Waals surface area contributed by atoms with E-state index in [0.717, 1.165) is 23.7 Å². The van der Waals surface area contributed by atoms with Crippen LogP contribution in [0.4, 0.5) is 0 Å². The normalized spacial score (nSPS) is 16.7. The molecule has 1 aliphatic rings. The maximum absolute atomic E-state index is 11.4. The molecule has 0 atom stereocenters. The number of sulfonamides is 1. The Morgan fingerprint density at radius 2 is 2.26 bits per heavy atom. The standard InChI is InChI=1S/C14H23N5O2S2/c1-19(2)10-12-3-4-15-13(9-12)11-22-7-5-16-14-17-6-8-23(20,21)18-14/h3-4,9H,5-8,10-11H2,1-2H3,(H2,16,17,18). The minimum Gasteiger partial charge on any atom is -0.355 e. The molecule has 0 spiro atoms. The van der Waals surface area contributed by atoms with Gasteiger partial charge in [0.2, 0.25) is 16.0 Å². The topological polar surface area (TPSA) is 86.7 Å². The van der Waals surface area contributed by atoms with Gasteiger partial charge in [-0.2, -0.15) is 11.8 Å². The number of thioether (sulfide) groups is 1. The molecule has 0 radical (unpaired) electrons. The Labute approximate surface area is 142 Å². The molecular formula is C14H23N5O2S2. The van der Waals surface area contributed by atoms with Crippen molar-refractivity contribution in [2.24, 2.45) is 4.99 Å². The maximum Gasteiger partial charge on any atom is 0.236 e. The van der Waals surface area contributed by atoms with E-state index in [0.29, 0.717) is 19.0 Å². The van der Waals surface area contributed by atoms with Gasteiger partial charge >= 0.3 is 0 Å². The van der Waals surface area contributed by atoms with Gasteiger partial charge in [-0.1, -0.05) is 0 Å². The van der Waals surface area contributed by atoms with E-state index in [1.54, 1.807) is 11.8 Å². The van der Waals surface area contributed by atoms with Crippen molar-refractivity contribution in [3.8, 4) is 0 Å². The van der Waals surface area contributed by atoms with Crippen LogP contribution in [0.25, 0.3) is 0 Å². The summed E-state index contributed by atoms with van der Waals surface area (Å²) >= 11 is 1.75. The van der Waals surface area contributed by atoms with Gasteiger partial charge in [-0.3, -0.25) is 14.7 Å². The summed E-state index contributed by atoms with van der Waals surface area (Å²) in [5.74, 6) is 2.09. The predicted octanol–water partition coefficient (Wildman–Crippen LogP) is 0.255. The van der Waals surface area contributed by atoms with Crippen LogP contribution in [0.1, 0.15) is 11.3 Å². The van der Waals surface area contributed by atoms with Gasteiger partial charge in [0.25, 0.3) is 0 Å². The van der Waals surface area contributed by atoms with Crippen molar-refractivity contribution in [3.05, 3.63) is 29.6 Å². The van der Waals surface area contributed by atoms with Crippen LogP contribution in [0.5, 0.6) is 0 Å². The summed E-state index contributed by atoms with van der Waals surface area (Å²) in [5.41, 5.74) is 2.31. The van der Waals surface area contributed by atoms with E-state index in [-0.39, 0.29) is 5.75 Å². The first-order valence-corrected chi connectivity index (χ1v) is 10.2. The lowest BCUT2D eigenvalue weighted by molar-refractivity contribution is 0.402. The van der Waals surface area contributed by atoms with Crippen LogP contribution < -0.4 is 10.0 Å². The van der Waals surface area contributed by atoms with Crippen molar-refractivity contribution in [3.63, 3.8) is 0 Å². The fourth-order valence-corrected chi connectivity index (χ4v) is 3.71. The maximum atomic E-state index is 11.4. The Morgan fingerprint density at radius 1 is 1.43 bits per heavy atom. The van der Waals surface area contributed by atoms with E-state index in [1.807, 2.05) is 26.4 Å². The first-order chi connectivity index (χ1) is 10.9. The highest BCUT2D eigenvalue weighted by molar-refractivity contribution is 7.98. The third kappa shape index (κ3) is 6.76. The molecule has 0 fully saturated rings. The van der Waals surface area contributed by atoms with E-state index in [4.69, 9.17) is 0 Å². The molecule has 1 aliphatic heterocycles. The highest BCUT2D eigenvalue weighted by Gasteiger charge is 2.16. The van der Waals surface area contributed by atoms with Gasteiger partial charge < -0.3 is 10.2 Å². The lowest BCUT2D eigenvalue weighted by Gasteiger charge is -2.16. The number of nitrogens with zero attached hydrogens (tertiary/aromatic N) is 3. The molecule has 0 bridgehead atoms. The molecule has 9 heteroatoms. The summed E-state index contributed by atoms with van der Waals surface area (Å²) in [6.07, 6.45) is 1.85. The number of pyridine rings is 1. The summed E-state index contributed by atoms with van der Waals surface area (Å²) in [6.45, 7) is 1.87. The minimum atomic E-state index is -3.20. The van der Waals surface area contributed by atoms with E-state index >= 15 is 0 Å². The molecular weight excluding hydrogens is 334 g/mol. The summed E-state index contributed by atoms with van der Waals surface area (Å²) < 4.78 is 25.2. The van der Waals surface area contributed by atoms with Gasteiger partial charge in [-0.05, 0) is 31.8 Å². The molecule has 1 aromatic heterocycles. The molecule has 2 N–H and O–H groups in total. The van der Waals surface area contributed by atoms with Crippen LogP contribution in [-0.2, 0) is 22.3 Å². The third-order valence-corrected chi connectivity index (χ3v) is 5.27. The van der Waals surface area contributed by atoms with Gasteiger partial charge in [0, 0.05) is 30.8 Å². The second-order valence-electron chi connectivity index (χ2n) is 5.52. The summed E-state index contributed by atoms with van der Waals surface area (Å²) in [7, 11) is 0.892. The monoisotopic (exact) mass is 357 g/mol. The average molecular weight is 358 g/mol. The highest BCUT2D eigenvalue weighted by Crippen LogP contribution is 2.11. The zero-order chi connectivity index (χ0) is 16.7. The smallest absolute Gasteiger partial charge is 0.236 e. The van der Waals surface area contributed by atoms with Crippen molar-refractivity contribution in [1.82, 2.24) is 19.9 Å². The molecule has 2 rings (SSSR count). The van der Waals surface area contributed by atoms with Crippen molar-refractivity contribution in [2.75, 3.05) is 38.7 Å².